The summed E-state index contributed by atoms with van der Waals surface area (Å²) in [5, 5.41) is 4.05. The van der Waals surface area contributed by atoms with Gasteiger partial charge >= 0.3 is 11.9 Å². The van der Waals surface area contributed by atoms with E-state index in [4.69, 9.17) is 9.47 Å². The van der Waals surface area contributed by atoms with Crippen molar-refractivity contribution >= 4 is 45.0 Å². The van der Waals surface area contributed by atoms with Crippen LogP contribution in [0, 0.1) is 6.92 Å². The number of carbonyl (C=O) groups excluding carboxylic acids is 2. The molecule has 1 aliphatic rings. The molecule has 1 saturated carbocycles. The number of hydrogen-bond acceptors (Lipinski definition) is 8. The van der Waals surface area contributed by atoms with Gasteiger partial charge in [-0.25, -0.2) is 19.6 Å². The first kappa shape index (κ1) is 22.2. The summed E-state index contributed by atoms with van der Waals surface area (Å²) in [6.07, 6.45) is 7.51. The minimum absolute atomic E-state index is 0.000235. The van der Waals surface area contributed by atoms with Crippen molar-refractivity contribution in [2.45, 2.75) is 58.5 Å². The monoisotopic (exact) mass is 453 g/mol. The van der Waals surface area contributed by atoms with Crippen LogP contribution >= 0.6 is 11.3 Å². The number of benzene rings is 1. The number of nitrogens with zero attached hydrogens (tertiary/aromatic N) is 2. The lowest BCUT2D eigenvalue weighted by molar-refractivity contribution is 0.0216. The third-order valence-electron chi connectivity index (χ3n) is 5.54. The SMILES string of the molecule is CCCOC(=O)c1cccc(Nc2ncnc3sc(C(=O)OC4CCCCC4)c(C)c23)c1. The third kappa shape index (κ3) is 4.91. The molecular formula is C24H27N3O4S. The average molecular weight is 454 g/mol. The molecule has 168 valence electrons. The van der Waals surface area contributed by atoms with Crippen LogP contribution in [0.4, 0.5) is 11.5 Å². The number of thiophene rings is 1. The molecule has 4 rings (SSSR count). The number of esters is 2. The molecule has 0 radical (unpaired) electrons. The Morgan fingerprint density at radius 3 is 2.75 bits per heavy atom. The molecule has 1 fully saturated rings. The summed E-state index contributed by atoms with van der Waals surface area (Å²) >= 11 is 1.32. The number of ether oxygens (including phenoxy) is 2. The molecular weight excluding hydrogens is 426 g/mol. The van der Waals surface area contributed by atoms with Crippen LogP contribution in [0.3, 0.4) is 0 Å². The van der Waals surface area contributed by atoms with Crippen molar-refractivity contribution < 1.29 is 19.1 Å². The molecule has 0 saturated heterocycles. The molecule has 2 aromatic heterocycles. The van der Waals surface area contributed by atoms with Crippen LogP contribution in [0.2, 0.25) is 0 Å². The Morgan fingerprint density at radius 2 is 1.97 bits per heavy atom. The first-order valence-corrected chi connectivity index (χ1v) is 11.9. The molecule has 3 aromatic rings. The van der Waals surface area contributed by atoms with E-state index in [2.05, 4.69) is 15.3 Å². The Balaban J connectivity index is 1.58. The van der Waals surface area contributed by atoms with Crippen molar-refractivity contribution in [2.24, 2.45) is 0 Å². The van der Waals surface area contributed by atoms with Crippen molar-refractivity contribution in [3.63, 3.8) is 0 Å². The van der Waals surface area contributed by atoms with Gasteiger partial charge in [-0.1, -0.05) is 19.4 Å². The fraction of sp³-hybridized carbons (Fsp3) is 0.417. The molecule has 0 aliphatic heterocycles. The van der Waals surface area contributed by atoms with E-state index in [0.29, 0.717) is 33.4 Å². The van der Waals surface area contributed by atoms with E-state index in [1.165, 1.54) is 24.1 Å². The predicted molar refractivity (Wildman–Crippen MR) is 125 cm³/mol. The van der Waals surface area contributed by atoms with Gasteiger partial charge in [-0.3, -0.25) is 0 Å². The van der Waals surface area contributed by atoms with Gasteiger partial charge in [0.05, 0.1) is 17.6 Å². The number of aryl methyl sites for hydroxylation is 1. The van der Waals surface area contributed by atoms with Crippen molar-refractivity contribution in [2.75, 3.05) is 11.9 Å². The van der Waals surface area contributed by atoms with Gasteiger partial charge in [-0.15, -0.1) is 11.3 Å². The largest absolute Gasteiger partial charge is 0.462 e. The van der Waals surface area contributed by atoms with Gasteiger partial charge in [0.2, 0.25) is 0 Å². The molecule has 1 N–H and O–H groups in total. The van der Waals surface area contributed by atoms with Crippen molar-refractivity contribution in [3.8, 4) is 0 Å². The van der Waals surface area contributed by atoms with Crippen LogP contribution in [0.1, 0.15) is 71.0 Å². The topological polar surface area (TPSA) is 90.4 Å². The lowest BCUT2D eigenvalue weighted by Gasteiger charge is -2.21. The van der Waals surface area contributed by atoms with Crippen molar-refractivity contribution in [3.05, 3.63) is 46.6 Å². The fourth-order valence-electron chi connectivity index (χ4n) is 3.89. The van der Waals surface area contributed by atoms with E-state index in [0.717, 1.165) is 43.1 Å². The second-order valence-electron chi connectivity index (χ2n) is 7.97. The van der Waals surface area contributed by atoms with E-state index < -0.39 is 0 Å². The molecule has 8 heteroatoms. The van der Waals surface area contributed by atoms with Gasteiger partial charge < -0.3 is 14.8 Å². The molecule has 0 bridgehead atoms. The highest BCUT2D eigenvalue weighted by atomic mass is 32.1. The van der Waals surface area contributed by atoms with Crippen LogP contribution in [0.5, 0.6) is 0 Å². The summed E-state index contributed by atoms with van der Waals surface area (Å²) in [6, 6.07) is 7.08. The standard InChI is InChI=1S/C24H27N3O4S/c1-3-12-30-23(28)16-8-7-9-17(13-16)27-21-19-15(2)20(32-22(19)26-14-25-21)24(29)31-18-10-5-4-6-11-18/h7-9,13-14,18H,3-6,10-12H2,1-2H3,(H,25,26,27). The van der Waals surface area contributed by atoms with Gasteiger partial charge in [0.25, 0.3) is 0 Å². The Kier molecular flexibility index (Phi) is 6.99. The summed E-state index contributed by atoms with van der Waals surface area (Å²) in [5.41, 5.74) is 1.97. The maximum Gasteiger partial charge on any atom is 0.348 e. The highest BCUT2D eigenvalue weighted by Crippen LogP contribution is 2.35. The normalized spacial score (nSPS) is 14.3. The van der Waals surface area contributed by atoms with E-state index in [1.807, 2.05) is 19.9 Å². The van der Waals surface area contributed by atoms with Crippen LogP contribution in [-0.2, 0) is 9.47 Å². The molecule has 0 spiro atoms. The van der Waals surface area contributed by atoms with Gasteiger partial charge in [-0.05, 0) is 62.8 Å². The fourth-order valence-corrected chi connectivity index (χ4v) is 4.92. The molecule has 1 aromatic carbocycles. The van der Waals surface area contributed by atoms with Crippen molar-refractivity contribution in [1.29, 1.82) is 0 Å². The molecule has 0 unspecified atom stereocenters. The zero-order valence-corrected chi connectivity index (χ0v) is 19.2. The van der Waals surface area contributed by atoms with Gasteiger partial charge in [0, 0.05) is 5.69 Å². The van der Waals surface area contributed by atoms with Gasteiger partial charge in [-0.2, -0.15) is 0 Å². The summed E-state index contributed by atoms with van der Waals surface area (Å²) < 4.78 is 11.0. The molecule has 1 aliphatic carbocycles. The van der Waals surface area contributed by atoms with E-state index >= 15 is 0 Å². The molecule has 7 nitrogen and oxygen atoms in total. The quantitative estimate of drug-likeness (QED) is 0.452. The first-order chi connectivity index (χ1) is 15.6. The van der Waals surface area contributed by atoms with Crippen LogP contribution in [-0.4, -0.2) is 34.6 Å². The minimum atomic E-state index is -0.359. The highest BCUT2D eigenvalue weighted by Gasteiger charge is 2.24. The molecule has 32 heavy (non-hydrogen) atoms. The van der Waals surface area contributed by atoms with Gasteiger partial charge in [0.1, 0.15) is 28.0 Å². The second-order valence-corrected chi connectivity index (χ2v) is 8.96. The molecule has 0 atom stereocenters. The Bertz CT molecular complexity index is 1120. The zero-order valence-electron chi connectivity index (χ0n) is 18.3. The molecule has 0 amide bonds. The van der Waals surface area contributed by atoms with Crippen LogP contribution in [0.15, 0.2) is 30.6 Å². The summed E-state index contributed by atoms with van der Waals surface area (Å²) in [5.74, 6) is -0.0636. The molecule has 2 heterocycles. The number of fused-ring (bicyclic) bond motifs is 1. The third-order valence-corrected chi connectivity index (χ3v) is 6.72. The minimum Gasteiger partial charge on any atom is -0.462 e. The lowest BCUT2D eigenvalue weighted by Crippen LogP contribution is -2.20. The lowest BCUT2D eigenvalue weighted by atomic mass is 9.98. The smallest absolute Gasteiger partial charge is 0.348 e. The summed E-state index contributed by atoms with van der Waals surface area (Å²) in [4.78, 5) is 35.1. The predicted octanol–water partition coefficient (Wildman–Crippen LogP) is 5.80. The first-order valence-electron chi connectivity index (χ1n) is 11.1. The zero-order chi connectivity index (χ0) is 22.5. The van der Waals surface area contributed by atoms with Crippen molar-refractivity contribution in [1.82, 2.24) is 9.97 Å². The number of anilines is 2. The maximum atomic E-state index is 12.8. The van der Waals surface area contributed by atoms with E-state index in [9.17, 15) is 9.59 Å². The van der Waals surface area contributed by atoms with Crippen LogP contribution < -0.4 is 5.32 Å². The average Bonchev–Trinajstić information content (AvgIpc) is 3.16. The second kappa shape index (κ2) is 10.1. The number of aromatic nitrogens is 2. The van der Waals surface area contributed by atoms with E-state index in [-0.39, 0.29) is 18.0 Å². The Hall–Kier alpha value is -3.00. The number of carbonyl (C=O) groups is 2. The Labute approximate surface area is 191 Å². The van der Waals surface area contributed by atoms with Crippen LogP contribution in [0.25, 0.3) is 10.2 Å². The van der Waals surface area contributed by atoms with Gasteiger partial charge in [0.15, 0.2) is 0 Å². The van der Waals surface area contributed by atoms with E-state index in [1.54, 1.807) is 18.2 Å². The summed E-state index contributed by atoms with van der Waals surface area (Å²) in [7, 11) is 0. The maximum absolute atomic E-state index is 12.8. The highest BCUT2D eigenvalue weighted by molar-refractivity contribution is 7.20. The Morgan fingerprint density at radius 1 is 1.16 bits per heavy atom. The summed E-state index contributed by atoms with van der Waals surface area (Å²) in [6.45, 7) is 4.23. The number of nitrogens with one attached hydrogen (secondary N) is 1. The number of rotatable bonds is 7. The number of hydrogen-bond donors (Lipinski definition) is 1.